The van der Waals surface area contributed by atoms with Crippen molar-refractivity contribution in [2.75, 3.05) is 34.4 Å². The fourth-order valence-electron chi connectivity index (χ4n) is 2.28. The van der Waals surface area contributed by atoms with Gasteiger partial charge in [-0.25, -0.2) is 4.68 Å². The quantitative estimate of drug-likeness (QED) is 0.889. The van der Waals surface area contributed by atoms with Crippen molar-refractivity contribution < 1.29 is 14.2 Å². The third-order valence-electron chi connectivity index (χ3n) is 3.60. The number of nitrogens with one attached hydrogen (secondary N) is 1. The van der Waals surface area contributed by atoms with Crippen LogP contribution in [-0.2, 0) is 0 Å². The summed E-state index contributed by atoms with van der Waals surface area (Å²) in [5.41, 5.74) is 1.66. The number of ether oxygens (including phenoxy) is 3. The molecule has 7 nitrogen and oxygen atoms in total. The summed E-state index contributed by atoms with van der Waals surface area (Å²) >= 11 is 0. The van der Waals surface area contributed by atoms with Crippen LogP contribution in [0.5, 0.6) is 17.2 Å². The molecule has 112 valence electrons. The van der Waals surface area contributed by atoms with Crippen molar-refractivity contribution in [3.63, 3.8) is 0 Å². The van der Waals surface area contributed by atoms with Crippen LogP contribution in [0.2, 0.25) is 0 Å². The van der Waals surface area contributed by atoms with Crippen molar-refractivity contribution in [1.82, 2.24) is 20.3 Å². The van der Waals surface area contributed by atoms with Gasteiger partial charge in [-0.3, -0.25) is 0 Å². The average molecular weight is 290 g/mol. The van der Waals surface area contributed by atoms with Crippen molar-refractivity contribution in [2.24, 2.45) is 0 Å². The van der Waals surface area contributed by atoms with Crippen LogP contribution in [0, 0.1) is 0 Å². The molecule has 0 bridgehead atoms. The van der Waals surface area contributed by atoms with E-state index in [0.29, 0.717) is 23.3 Å². The van der Waals surface area contributed by atoms with Crippen molar-refractivity contribution >= 4 is 0 Å². The molecule has 0 saturated carbocycles. The second kappa shape index (κ2) is 5.61. The zero-order valence-electron chi connectivity index (χ0n) is 12.3. The van der Waals surface area contributed by atoms with E-state index in [4.69, 9.17) is 14.2 Å². The molecule has 0 unspecified atom stereocenters. The summed E-state index contributed by atoms with van der Waals surface area (Å²) in [6.45, 7) is 1.86. The second-order valence-corrected chi connectivity index (χ2v) is 4.81. The zero-order valence-corrected chi connectivity index (χ0v) is 12.3. The predicted molar refractivity (Wildman–Crippen MR) is 77.0 cm³/mol. The molecule has 2 aromatic rings. The molecule has 7 heteroatoms. The van der Waals surface area contributed by atoms with Gasteiger partial charge in [-0.15, -0.1) is 5.10 Å². The van der Waals surface area contributed by atoms with Gasteiger partial charge in [-0.05, 0) is 12.1 Å². The van der Waals surface area contributed by atoms with Crippen molar-refractivity contribution in [3.05, 3.63) is 18.3 Å². The lowest BCUT2D eigenvalue weighted by molar-refractivity contribution is 0.313. The molecule has 1 fully saturated rings. The normalized spacial score (nSPS) is 14.6. The van der Waals surface area contributed by atoms with Gasteiger partial charge in [0.05, 0.1) is 33.6 Å². The molecule has 0 radical (unpaired) electrons. The van der Waals surface area contributed by atoms with Gasteiger partial charge < -0.3 is 19.5 Å². The summed E-state index contributed by atoms with van der Waals surface area (Å²) in [5.74, 6) is 1.78. The molecule has 0 amide bonds. The Hall–Kier alpha value is -2.28. The van der Waals surface area contributed by atoms with Crippen LogP contribution in [-0.4, -0.2) is 49.4 Å². The molecule has 0 spiro atoms. The molecular weight excluding hydrogens is 272 g/mol. The van der Waals surface area contributed by atoms with E-state index in [1.807, 2.05) is 23.0 Å². The van der Waals surface area contributed by atoms with Crippen LogP contribution in [0.1, 0.15) is 6.04 Å². The Morgan fingerprint density at radius 2 is 1.76 bits per heavy atom. The highest BCUT2D eigenvalue weighted by Crippen LogP contribution is 2.40. The van der Waals surface area contributed by atoms with Gasteiger partial charge in [0, 0.05) is 18.7 Å². The van der Waals surface area contributed by atoms with E-state index in [9.17, 15) is 0 Å². The number of benzene rings is 1. The summed E-state index contributed by atoms with van der Waals surface area (Å²) in [4.78, 5) is 0. The Morgan fingerprint density at radius 3 is 2.24 bits per heavy atom. The van der Waals surface area contributed by atoms with E-state index >= 15 is 0 Å². The van der Waals surface area contributed by atoms with Gasteiger partial charge in [-0.2, -0.15) is 0 Å². The highest BCUT2D eigenvalue weighted by atomic mass is 16.5. The molecule has 1 aromatic heterocycles. The standard InChI is InChI=1S/C14H18N4O3/c1-19-12-4-9(5-13(20-2)14(12)21-3)11-8-18(17-16-11)10-6-15-7-10/h4-5,8,10,15H,6-7H2,1-3H3. The maximum Gasteiger partial charge on any atom is 0.203 e. The summed E-state index contributed by atoms with van der Waals surface area (Å²) in [5, 5.41) is 11.6. The molecular formula is C14H18N4O3. The summed E-state index contributed by atoms with van der Waals surface area (Å²) in [6.07, 6.45) is 1.94. The lowest BCUT2D eigenvalue weighted by Crippen LogP contribution is -2.43. The van der Waals surface area contributed by atoms with Crippen LogP contribution in [0.15, 0.2) is 18.3 Å². The SMILES string of the molecule is COc1cc(-c2cn(C3CNC3)nn2)cc(OC)c1OC. The van der Waals surface area contributed by atoms with Gasteiger partial charge >= 0.3 is 0 Å². The van der Waals surface area contributed by atoms with Crippen LogP contribution >= 0.6 is 0 Å². The Morgan fingerprint density at radius 1 is 1.10 bits per heavy atom. The number of nitrogens with zero attached hydrogens (tertiary/aromatic N) is 3. The minimum atomic E-state index is 0.383. The molecule has 1 saturated heterocycles. The Bertz CT molecular complexity index is 612. The van der Waals surface area contributed by atoms with E-state index in [0.717, 1.165) is 24.3 Å². The summed E-state index contributed by atoms with van der Waals surface area (Å²) in [7, 11) is 4.77. The molecule has 0 aliphatic carbocycles. The minimum Gasteiger partial charge on any atom is -0.493 e. The van der Waals surface area contributed by atoms with Gasteiger partial charge in [0.25, 0.3) is 0 Å². The predicted octanol–water partition coefficient (Wildman–Crippen LogP) is 1.12. The second-order valence-electron chi connectivity index (χ2n) is 4.81. The first-order chi connectivity index (χ1) is 10.3. The first-order valence-electron chi connectivity index (χ1n) is 6.69. The number of hydrogen-bond donors (Lipinski definition) is 1. The smallest absolute Gasteiger partial charge is 0.203 e. The van der Waals surface area contributed by atoms with Gasteiger partial charge in [0.15, 0.2) is 11.5 Å². The van der Waals surface area contributed by atoms with Crippen molar-refractivity contribution in [2.45, 2.75) is 6.04 Å². The lowest BCUT2D eigenvalue weighted by Gasteiger charge is -2.26. The lowest BCUT2D eigenvalue weighted by atomic mass is 10.1. The van der Waals surface area contributed by atoms with E-state index in [2.05, 4.69) is 15.6 Å². The van der Waals surface area contributed by atoms with E-state index < -0.39 is 0 Å². The van der Waals surface area contributed by atoms with Gasteiger partial charge in [-0.1, -0.05) is 5.21 Å². The van der Waals surface area contributed by atoms with Crippen LogP contribution in [0.4, 0.5) is 0 Å². The molecule has 1 aliphatic rings. The molecule has 1 aliphatic heterocycles. The molecule has 1 N–H and O–H groups in total. The fraction of sp³-hybridized carbons (Fsp3) is 0.429. The largest absolute Gasteiger partial charge is 0.493 e. The third kappa shape index (κ3) is 2.40. The Balaban J connectivity index is 1.99. The minimum absolute atomic E-state index is 0.383. The Kier molecular flexibility index (Phi) is 3.66. The monoisotopic (exact) mass is 290 g/mol. The maximum atomic E-state index is 5.36. The summed E-state index contributed by atoms with van der Waals surface area (Å²) < 4.78 is 17.9. The number of aromatic nitrogens is 3. The molecule has 3 rings (SSSR count). The molecule has 21 heavy (non-hydrogen) atoms. The highest BCUT2D eigenvalue weighted by Gasteiger charge is 2.21. The van der Waals surface area contributed by atoms with Crippen LogP contribution in [0.25, 0.3) is 11.3 Å². The highest BCUT2D eigenvalue weighted by molar-refractivity contribution is 5.68. The van der Waals surface area contributed by atoms with Crippen LogP contribution in [0.3, 0.4) is 0 Å². The summed E-state index contributed by atoms with van der Waals surface area (Å²) in [6, 6.07) is 4.12. The average Bonchev–Trinajstić information content (AvgIpc) is 2.93. The number of methoxy groups -OCH3 is 3. The van der Waals surface area contributed by atoms with E-state index in [-0.39, 0.29) is 0 Å². The zero-order chi connectivity index (χ0) is 14.8. The maximum absolute atomic E-state index is 5.36. The molecule has 1 aromatic carbocycles. The third-order valence-corrected chi connectivity index (χ3v) is 3.60. The van der Waals surface area contributed by atoms with Gasteiger partial charge in [0.2, 0.25) is 5.75 Å². The fourth-order valence-corrected chi connectivity index (χ4v) is 2.28. The van der Waals surface area contributed by atoms with Gasteiger partial charge in [0.1, 0.15) is 5.69 Å². The number of rotatable bonds is 5. The Labute approximate surface area is 122 Å². The van der Waals surface area contributed by atoms with E-state index in [1.54, 1.807) is 21.3 Å². The van der Waals surface area contributed by atoms with E-state index in [1.165, 1.54) is 0 Å². The first kappa shape index (κ1) is 13.7. The van der Waals surface area contributed by atoms with Crippen molar-refractivity contribution in [1.29, 1.82) is 0 Å². The topological polar surface area (TPSA) is 70.4 Å². The molecule has 0 atom stereocenters. The van der Waals surface area contributed by atoms with Crippen molar-refractivity contribution in [3.8, 4) is 28.5 Å². The van der Waals surface area contributed by atoms with Crippen LogP contribution < -0.4 is 19.5 Å². The molecule has 2 heterocycles. The number of hydrogen-bond acceptors (Lipinski definition) is 6. The first-order valence-corrected chi connectivity index (χ1v) is 6.69.